The fourth-order valence-corrected chi connectivity index (χ4v) is 3.58. The van der Waals surface area contributed by atoms with Gasteiger partial charge in [0.2, 0.25) is 0 Å². The van der Waals surface area contributed by atoms with Gasteiger partial charge in [-0.2, -0.15) is 5.10 Å². The molecule has 2 aromatic heterocycles. The molecule has 3 rings (SSSR count). The van der Waals surface area contributed by atoms with E-state index < -0.39 is 0 Å². The number of methoxy groups -OCH3 is 1. The highest BCUT2D eigenvalue weighted by Crippen LogP contribution is 2.31. The first-order chi connectivity index (χ1) is 11.2. The van der Waals surface area contributed by atoms with Crippen molar-refractivity contribution >= 4 is 28.2 Å². The van der Waals surface area contributed by atoms with Crippen LogP contribution in [0.5, 0.6) is 0 Å². The third-order valence-corrected chi connectivity index (χ3v) is 4.83. The second-order valence-corrected chi connectivity index (χ2v) is 6.54. The Morgan fingerprint density at radius 1 is 1.43 bits per heavy atom. The predicted molar refractivity (Wildman–Crippen MR) is 89.9 cm³/mol. The lowest BCUT2D eigenvalue weighted by atomic mass is 10.2. The molecular weight excluding hydrogens is 314 g/mol. The zero-order valence-corrected chi connectivity index (χ0v) is 14.2. The lowest BCUT2D eigenvalue weighted by Gasteiger charge is -2.12. The number of hydrogen-bond donors (Lipinski definition) is 2. The van der Waals surface area contributed by atoms with Crippen molar-refractivity contribution < 1.29 is 9.53 Å². The molecule has 0 aliphatic heterocycles. The van der Waals surface area contributed by atoms with E-state index >= 15 is 0 Å². The summed E-state index contributed by atoms with van der Waals surface area (Å²) in [5.74, 6) is 0. The molecule has 0 bridgehead atoms. The van der Waals surface area contributed by atoms with Gasteiger partial charge in [0.1, 0.15) is 0 Å². The van der Waals surface area contributed by atoms with Gasteiger partial charge in [-0.1, -0.05) is 12.8 Å². The molecule has 0 atom stereocenters. The third kappa shape index (κ3) is 3.70. The number of anilines is 2. The number of ether oxygens (including phenoxy) is 1. The van der Waals surface area contributed by atoms with Gasteiger partial charge in [-0.3, -0.25) is 10.00 Å². The first-order valence-electron chi connectivity index (χ1n) is 7.73. The zero-order valence-electron chi connectivity index (χ0n) is 13.3. The molecule has 0 unspecified atom stereocenters. The van der Waals surface area contributed by atoms with Crippen LogP contribution >= 0.6 is 11.3 Å². The molecule has 2 amide bonds. The van der Waals surface area contributed by atoms with Gasteiger partial charge in [0.15, 0.2) is 5.13 Å². The third-order valence-electron chi connectivity index (χ3n) is 4.03. The topological polar surface area (TPSA) is 81.1 Å². The van der Waals surface area contributed by atoms with Crippen LogP contribution < -0.4 is 10.6 Å². The SMILES string of the molecule is COCc1csc(NC(=O)Nc2cnn(C3CCCC3)c2C)n1. The molecule has 1 aliphatic carbocycles. The molecule has 0 spiro atoms. The van der Waals surface area contributed by atoms with E-state index in [4.69, 9.17) is 4.74 Å². The van der Waals surface area contributed by atoms with Gasteiger partial charge >= 0.3 is 6.03 Å². The largest absolute Gasteiger partial charge is 0.378 e. The van der Waals surface area contributed by atoms with Crippen LogP contribution in [0.25, 0.3) is 0 Å². The van der Waals surface area contributed by atoms with Gasteiger partial charge in [0, 0.05) is 12.5 Å². The minimum atomic E-state index is -0.308. The first-order valence-corrected chi connectivity index (χ1v) is 8.61. The Balaban J connectivity index is 1.61. The van der Waals surface area contributed by atoms with E-state index in [0.29, 0.717) is 17.8 Å². The molecule has 2 aromatic rings. The summed E-state index contributed by atoms with van der Waals surface area (Å²) >= 11 is 1.37. The maximum absolute atomic E-state index is 12.1. The van der Waals surface area contributed by atoms with Crippen molar-refractivity contribution in [1.82, 2.24) is 14.8 Å². The van der Waals surface area contributed by atoms with Crippen molar-refractivity contribution in [1.29, 1.82) is 0 Å². The van der Waals surface area contributed by atoms with Crippen LogP contribution in [-0.4, -0.2) is 27.9 Å². The van der Waals surface area contributed by atoms with Gasteiger partial charge in [-0.05, 0) is 19.8 Å². The fraction of sp³-hybridized carbons (Fsp3) is 0.533. The van der Waals surface area contributed by atoms with Crippen LogP contribution in [0.4, 0.5) is 15.6 Å². The van der Waals surface area contributed by atoms with E-state index in [9.17, 15) is 4.79 Å². The van der Waals surface area contributed by atoms with E-state index in [1.54, 1.807) is 13.3 Å². The number of aromatic nitrogens is 3. The average molecular weight is 335 g/mol. The summed E-state index contributed by atoms with van der Waals surface area (Å²) in [7, 11) is 1.62. The maximum atomic E-state index is 12.1. The van der Waals surface area contributed by atoms with Gasteiger partial charge < -0.3 is 10.1 Å². The number of carbonyl (C=O) groups is 1. The standard InChI is InChI=1S/C15H21N5O2S/c1-10-13(7-16-20(10)12-5-3-4-6-12)18-14(21)19-15-17-11(8-22-2)9-23-15/h7,9,12H,3-6,8H2,1-2H3,(H2,17,18,19,21). The van der Waals surface area contributed by atoms with Crippen molar-refractivity contribution in [2.45, 2.75) is 45.3 Å². The van der Waals surface area contributed by atoms with Crippen LogP contribution in [-0.2, 0) is 11.3 Å². The maximum Gasteiger partial charge on any atom is 0.325 e. The summed E-state index contributed by atoms with van der Waals surface area (Å²) in [5, 5.41) is 12.4. The summed E-state index contributed by atoms with van der Waals surface area (Å²) in [6.07, 6.45) is 6.54. The van der Waals surface area contributed by atoms with Gasteiger partial charge in [0.05, 0.1) is 35.9 Å². The summed E-state index contributed by atoms with van der Waals surface area (Å²) in [6.45, 7) is 2.42. The predicted octanol–water partition coefficient (Wildman–Crippen LogP) is 3.55. The molecule has 1 aliphatic rings. The minimum absolute atomic E-state index is 0.308. The molecule has 8 heteroatoms. The van der Waals surface area contributed by atoms with Crippen LogP contribution in [0.1, 0.15) is 43.1 Å². The van der Waals surface area contributed by atoms with Crippen molar-refractivity contribution in [3.8, 4) is 0 Å². The minimum Gasteiger partial charge on any atom is -0.378 e. The van der Waals surface area contributed by atoms with E-state index in [0.717, 1.165) is 29.9 Å². The van der Waals surface area contributed by atoms with E-state index in [-0.39, 0.29) is 6.03 Å². The van der Waals surface area contributed by atoms with Crippen LogP contribution in [0.3, 0.4) is 0 Å². The summed E-state index contributed by atoms with van der Waals surface area (Å²) in [4.78, 5) is 16.4. The Bertz CT molecular complexity index is 675. The molecule has 0 aromatic carbocycles. The highest BCUT2D eigenvalue weighted by Gasteiger charge is 2.21. The number of nitrogens with one attached hydrogen (secondary N) is 2. The molecule has 2 heterocycles. The summed E-state index contributed by atoms with van der Waals surface area (Å²) in [5.41, 5.74) is 2.53. The number of nitrogens with zero attached hydrogens (tertiary/aromatic N) is 3. The molecule has 23 heavy (non-hydrogen) atoms. The first kappa shape index (κ1) is 15.9. The molecule has 2 N–H and O–H groups in total. The average Bonchev–Trinajstić information content (AvgIpc) is 3.23. The van der Waals surface area contributed by atoms with Crippen molar-refractivity contribution in [3.63, 3.8) is 0 Å². The van der Waals surface area contributed by atoms with Crippen LogP contribution in [0.15, 0.2) is 11.6 Å². The lowest BCUT2D eigenvalue weighted by Crippen LogP contribution is -2.20. The smallest absolute Gasteiger partial charge is 0.325 e. The number of hydrogen-bond acceptors (Lipinski definition) is 5. The highest BCUT2D eigenvalue weighted by molar-refractivity contribution is 7.13. The van der Waals surface area contributed by atoms with Crippen molar-refractivity contribution in [3.05, 3.63) is 23.0 Å². The Kier molecular flexibility index (Phi) is 4.92. The number of thiazole rings is 1. The number of carbonyl (C=O) groups excluding carboxylic acids is 1. The monoisotopic (exact) mass is 335 g/mol. The number of amides is 2. The van der Waals surface area contributed by atoms with E-state index in [1.165, 1.54) is 24.2 Å². The Hall–Kier alpha value is -1.93. The van der Waals surface area contributed by atoms with Crippen LogP contribution in [0, 0.1) is 6.92 Å². The fourth-order valence-electron chi connectivity index (χ4n) is 2.89. The van der Waals surface area contributed by atoms with Crippen molar-refractivity contribution in [2.24, 2.45) is 0 Å². The summed E-state index contributed by atoms with van der Waals surface area (Å²) in [6, 6.07) is 0.154. The van der Waals surface area contributed by atoms with Gasteiger partial charge in [-0.25, -0.2) is 9.78 Å². The highest BCUT2D eigenvalue weighted by atomic mass is 32.1. The molecule has 1 fully saturated rings. The second kappa shape index (κ2) is 7.10. The molecule has 124 valence electrons. The Labute approximate surface area is 139 Å². The zero-order chi connectivity index (χ0) is 16.2. The molecule has 1 saturated carbocycles. The molecule has 0 radical (unpaired) electrons. The quantitative estimate of drug-likeness (QED) is 0.875. The van der Waals surface area contributed by atoms with Gasteiger partial charge in [-0.15, -0.1) is 11.3 Å². The summed E-state index contributed by atoms with van der Waals surface area (Å²) < 4.78 is 7.04. The number of urea groups is 1. The Morgan fingerprint density at radius 3 is 2.96 bits per heavy atom. The van der Waals surface area contributed by atoms with Crippen LogP contribution in [0.2, 0.25) is 0 Å². The van der Waals surface area contributed by atoms with E-state index in [1.807, 2.05) is 17.0 Å². The molecule has 0 saturated heterocycles. The van der Waals surface area contributed by atoms with Gasteiger partial charge in [0.25, 0.3) is 0 Å². The number of rotatable bonds is 5. The molecule has 7 nitrogen and oxygen atoms in total. The van der Waals surface area contributed by atoms with Crippen molar-refractivity contribution in [2.75, 3.05) is 17.7 Å². The second-order valence-electron chi connectivity index (χ2n) is 5.68. The normalized spacial score (nSPS) is 15.0. The molecular formula is C15H21N5O2S. The lowest BCUT2D eigenvalue weighted by molar-refractivity contribution is 0.182. The van der Waals surface area contributed by atoms with E-state index in [2.05, 4.69) is 20.7 Å². The Morgan fingerprint density at radius 2 is 2.22 bits per heavy atom.